The third-order valence-electron chi connectivity index (χ3n) is 5.35. The van der Waals surface area contributed by atoms with Crippen LogP contribution in [0.15, 0.2) is 24.4 Å². The largest absolute Gasteiger partial charge is 0.358 e. The quantitative estimate of drug-likeness (QED) is 0.524. The van der Waals surface area contributed by atoms with Gasteiger partial charge in [0.1, 0.15) is 5.52 Å². The van der Waals surface area contributed by atoms with Crippen LogP contribution in [0.2, 0.25) is 0 Å². The van der Waals surface area contributed by atoms with E-state index >= 15 is 0 Å². The minimum absolute atomic E-state index is 0.209. The molecular weight excluding hydrogens is 392 g/mol. The molecule has 3 N–H and O–H groups in total. The zero-order chi connectivity index (χ0) is 21.8. The Kier molecular flexibility index (Phi) is 6.11. The number of rotatable bonds is 6. The summed E-state index contributed by atoms with van der Waals surface area (Å²) < 4.78 is 1.89. The summed E-state index contributed by atoms with van der Waals surface area (Å²) in [4.78, 5) is 16.7. The fourth-order valence-electron chi connectivity index (χ4n) is 3.54. The van der Waals surface area contributed by atoms with Crippen molar-refractivity contribution in [1.29, 1.82) is 0 Å². The second-order valence-corrected chi connectivity index (χ2v) is 9.46. The summed E-state index contributed by atoms with van der Waals surface area (Å²) in [5.41, 5.74) is 2.39. The maximum Gasteiger partial charge on any atom is 0.245 e. The normalized spacial score (nSPS) is 16.2. The van der Waals surface area contributed by atoms with Crippen molar-refractivity contribution >= 4 is 29.5 Å². The van der Waals surface area contributed by atoms with Crippen molar-refractivity contribution in [2.24, 2.45) is 5.41 Å². The number of carbonyl (C=O) groups excluding carboxylic acids is 1. The van der Waals surface area contributed by atoms with Crippen LogP contribution in [0.5, 0.6) is 0 Å². The molecule has 9 heteroatoms. The van der Waals surface area contributed by atoms with Gasteiger partial charge in [0.2, 0.25) is 12.4 Å². The van der Waals surface area contributed by atoms with Crippen molar-refractivity contribution in [1.82, 2.24) is 30.1 Å². The van der Waals surface area contributed by atoms with Gasteiger partial charge in [0, 0.05) is 43.5 Å². The lowest BCUT2D eigenvalue weighted by Crippen LogP contribution is -2.25. The number of hydrogen-bond donors (Lipinski definition) is 3. The number of carbonyl (C=O) groups is 1. The van der Waals surface area contributed by atoms with Gasteiger partial charge in [-0.05, 0) is 43.2 Å². The summed E-state index contributed by atoms with van der Waals surface area (Å²) in [5, 5.41) is 18.1. The zero-order valence-corrected chi connectivity index (χ0v) is 18.6. The van der Waals surface area contributed by atoms with Crippen molar-refractivity contribution in [3.05, 3.63) is 30.1 Å². The van der Waals surface area contributed by atoms with Gasteiger partial charge in [-0.15, -0.1) is 5.10 Å². The highest BCUT2D eigenvalue weighted by Crippen LogP contribution is 2.39. The molecule has 1 aliphatic carbocycles. The first kappa shape index (κ1) is 21.1. The number of H-pyrrole nitrogens is 1. The molecule has 166 valence electrons. The van der Waals surface area contributed by atoms with Crippen molar-refractivity contribution in [2.45, 2.75) is 52.4 Å². The van der Waals surface area contributed by atoms with Gasteiger partial charge >= 0.3 is 0 Å². The van der Waals surface area contributed by atoms with E-state index in [-0.39, 0.29) is 5.41 Å². The van der Waals surface area contributed by atoms with Crippen LogP contribution in [0.3, 0.4) is 0 Å². The number of amides is 1. The Labute approximate surface area is 182 Å². The van der Waals surface area contributed by atoms with Crippen molar-refractivity contribution in [2.75, 3.05) is 29.9 Å². The van der Waals surface area contributed by atoms with Gasteiger partial charge in [-0.3, -0.25) is 9.89 Å². The van der Waals surface area contributed by atoms with E-state index < -0.39 is 0 Å². The van der Waals surface area contributed by atoms with Gasteiger partial charge in [-0.1, -0.05) is 20.8 Å². The van der Waals surface area contributed by atoms with E-state index in [0.29, 0.717) is 5.92 Å². The maximum atomic E-state index is 9.74. The monoisotopic (exact) mass is 424 g/mol. The van der Waals surface area contributed by atoms with Crippen LogP contribution in [0, 0.1) is 5.41 Å². The molecule has 1 aliphatic heterocycles. The summed E-state index contributed by atoms with van der Waals surface area (Å²) in [6, 6.07) is 6.10. The number of nitrogens with zero attached hydrogens (tertiary/aromatic N) is 5. The Bertz CT molecular complexity index is 1010. The Hall–Kier alpha value is -3.10. The molecule has 0 bridgehead atoms. The molecule has 2 aliphatic rings. The lowest BCUT2D eigenvalue weighted by atomic mass is 9.97. The van der Waals surface area contributed by atoms with Crippen molar-refractivity contribution in [3.63, 3.8) is 0 Å². The van der Waals surface area contributed by atoms with Gasteiger partial charge in [0.15, 0.2) is 11.6 Å². The van der Waals surface area contributed by atoms with Crippen LogP contribution < -0.4 is 15.5 Å². The maximum absolute atomic E-state index is 9.74. The lowest BCUT2D eigenvalue weighted by Gasteiger charge is -2.16. The Morgan fingerprint density at radius 2 is 2.03 bits per heavy atom. The molecule has 9 nitrogen and oxygen atoms in total. The topological polar surface area (TPSA) is 103 Å². The molecule has 0 atom stereocenters. The number of nitrogens with one attached hydrogen (secondary N) is 3. The van der Waals surface area contributed by atoms with Gasteiger partial charge < -0.3 is 15.5 Å². The van der Waals surface area contributed by atoms with E-state index in [1.165, 1.54) is 31.4 Å². The molecule has 0 aromatic carbocycles. The molecule has 1 saturated heterocycles. The minimum atomic E-state index is 0.209. The first-order valence-corrected chi connectivity index (χ1v) is 11.0. The number of aromatic nitrogens is 5. The molecule has 0 unspecified atom stereocenters. The van der Waals surface area contributed by atoms with Crippen LogP contribution in [-0.4, -0.2) is 50.8 Å². The van der Waals surface area contributed by atoms with Crippen LogP contribution >= 0.6 is 0 Å². The van der Waals surface area contributed by atoms with Gasteiger partial charge in [0.05, 0.1) is 0 Å². The highest BCUT2D eigenvalue weighted by atomic mass is 16.1. The van der Waals surface area contributed by atoms with Gasteiger partial charge in [0.25, 0.3) is 0 Å². The average molecular weight is 425 g/mol. The summed E-state index contributed by atoms with van der Waals surface area (Å²) in [5.74, 6) is 3.07. The van der Waals surface area contributed by atoms with Crippen LogP contribution in [0.4, 0.5) is 17.6 Å². The van der Waals surface area contributed by atoms with Gasteiger partial charge in [-0.2, -0.15) is 10.1 Å². The first-order chi connectivity index (χ1) is 14.9. The number of hydrogen-bond acceptors (Lipinski definition) is 6. The molecule has 0 spiro atoms. The molecule has 1 saturated carbocycles. The summed E-state index contributed by atoms with van der Waals surface area (Å²) in [6.45, 7) is 9.02. The predicted molar refractivity (Wildman–Crippen MR) is 122 cm³/mol. The Balaban J connectivity index is 0.000000250. The molecule has 4 heterocycles. The molecule has 3 aromatic heterocycles. The fourth-order valence-corrected chi connectivity index (χ4v) is 3.54. The third kappa shape index (κ3) is 5.53. The Morgan fingerprint density at radius 3 is 2.68 bits per heavy atom. The minimum Gasteiger partial charge on any atom is -0.358 e. The van der Waals surface area contributed by atoms with E-state index in [1.807, 2.05) is 22.8 Å². The summed E-state index contributed by atoms with van der Waals surface area (Å²) >= 11 is 0. The first-order valence-electron chi connectivity index (χ1n) is 11.0. The van der Waals surface area contributed by atoms with Gasteiger partial charge in [-0.25, -0.2) is 4.52 Å². The molecule has 0 radical (unpaired) electrons. The molecule has 5 rings (SSSR count). The standard InChI is InChI=1S/C16H19N7.C6H13NO/c1-2-8-22(7-1)16-18-15(13-4-3-9-23(13)21-16)17-14-10-12(19-20-14)11-5-6-11;1-6(2,3)4-7-5-8/h3-4,9-11H,1-2,5-8H2,(H2,17,18,19,20,21);5H,4H2,1-3H3,(H,7,8). The summed E-state index contributed by atoms with van der Waals surface area (Å²) in [7, 11) is 0. The van der Waals surface area contributed by atoms with Crippen molar-refractivity contribution < 1.29 is 4.79 Å². The SMILES string of the molecule is CC(C)(C)CNC=O.c1cc2c(Nc3cc(C4CC4)[nH]n3)nc(N3CCCC3)nn2c1. The van der Waals surface area contributed by atoms with Crippen LogP contribution in [0.25, 0.3) is 5.52 Å². The van der Waals surface area contributed by atoms with Crippen LogP contribution in [0.1, 0.15) is 58.1 Å². The predicted octanol–water partition coefficient (Wildman–Crippen LogP) is 3.45. The van der Waals surface area contributed by atoms with E-state index in [4.69, 9.17) is 4.98 Å². The average Bonchev–Trinajstić information content (AvgIpc) is 3.16. The number of aromatic amines is 1. The molecular formula is C22H32N8O. The van der Waals surface area contributed by atoms with E-state index in [9.17, 15) is 4.79 Å². The molecule has 31 heavy (non-hydrogen) atoms. The van der Waals surface area contributed by atoms with Crippen LogP contribution in [-0.2, 0) is 4.79 Å². The zero-order valence-electron chi connectivity index (χ0n) is 18.6. The smallest absolute Gasteiger partial charge is 0.245 e. The highest BCUT2D eigenvalue weighted by Gasteiger charge is 2.26. The third-order valence-corrected chi connectivity index (χ3v) is 5.35. The fraction of sp³-hybridized carbons (Fsp3) is 0.545. The Morgan fingerprint density at radius 1 is 1.26 bits per heavy atom. The second-order valence-electron chi connectivity index (χ2n) is 9.46. The van der Waals surface area contributed by atoms with E-state index in [1.54, 1.807) is 0 Å². The molecule has 3 aromatic rings. The number of anilines is 3. The molecule has 2 fully saturated rings. The molecule has 1 amide bonds. The second kappa shape index (κ2) is 8.95. The summed E-state index contributed by atoms with van der Waals surface area (Å²) in [6.07, 6.45) is 7.63. The number of fused-ring (bicyclic) bond motifs is 1. The highest BCUT2D eigenvalue weighted by molar-refractivity contribution is 5.73. The lowest BCUT2D eigenvalue weighted by molar-refractivity contribution is -0.109. The van der Waals surface area contributed by atoms with Crippen molar-refractivity contribution in [3.8, 4) is 0 Å². The van der Waals surface area contributed by atoms with E-state index in [0.717, 1.165) is 49.1 Å². The van der Waals surface area contributed by atoms with E-state index in [2.05, 4.69) is 57.7 Å².